The summed E-state index contributed by atoms with van der Waals surface area (Å²) in [7, 11) is 1.56. The fourth-order valence-corrected chi connectivity index (χ4v) is 3.97. The van der Waals surface area contributed by atoms with Crippen molar-refractivity contribution in [1.82, 2.24) is 10.3 Å². The van der Waals surface area contributed by atoms with Gasteiger partial charge in [-0.15, -0.1) is 11.3 Å². The van der Waals surface area contributed by atoms with E-state index >= 15 is 0 Å². The predicted molar refractivity (Wildman–Crippen MR) is 122 cm³/mol. The van der Waals surface area contributed by atoms with Gasteiger partial charge in [0.15, 0.2) is 0 Å². The van der Waals surface area contributed by atoms with Gasteiger partial charge in [-0.1, -0.05) is 66.2 Å². The lowest BCUT2D eigenvalue weighted by Gasteiger charge is -2.09. The molecule has 0 aliphatic carbocycles. The second kappa shape index (κ2) is 8.93. The summed E-state index contributed by atoms with van der Waals surface area (Å²) < 4.78 is 5.26. The largest absolute Gasteiger partial charge is 0.496 e. The molecule has 1 aromatic heterocycles. The van der Waals surface area contributed by atoms with E-state index in [1.165, 1.54) is 5.56 Å². The van der Waals surface area contributed by atoms with E-state index < -0.39 is 0 Å². The predicted octanol–water partition coefficient (Wildman–Crippen LogP) is 5.72. The van der Waals surface area contributed by atoms with Crippen LogP contribution in [0.2, 0.25) is 0 Å². The van der Waals surface area contributed by atoms with Gasteiger partial charge in [0.2, 0.25) is 0 Å². The molecule has 1 amide bonds. The van der Waals surface area contributed by atoms with Crippen molar-refractivity contribution in [2.24, 2.45) is 0 Å². The Morgan fingerprint density at radius 2 is 1.67 bits per heavy atom. The highest BCUT2D eigenvalue weighted by Gasteiger charge is 2.11. The van der Waals surface area contributed by atoms with Gasteiger partial charge in [-0.05, 0) is 24.6 Å². The molecule has 150 valence electrons. The van der Waals surface area contributed by atoms with Gasteiger partial charge in [-0.25, -0.2) is 4.98 Å². The third-order valence-electron chi connectivity index (χ3n) is 4.86. The summed E-state index contributed by atoms with van der Waals surface area (Å²) in [5.41, 5.74) is 5.98. The summed E-state index contributed by atoms with van der Waals surface area (Å²) in [6.45, 7) is 2.53. The van der Waals surface area contributed by atoms with Crippen molar-refractivity contribution < 1.29 is 9.53 Å². The van der Waals surface area contributed by atoms with Crippen LogP contribution >= 0.6 is 11.3 Å². The number of hydrogen-bond acceptors (Lipinski definition) is 4. The zero-order chi connectivity index (χ0) is 20.9. The highest BCUT2D eigenvalue weighted by Crippen LogP contribution is 2.29. The van der Waals surface area contributed by atoms with Crippen LogP contribution in [-0.4, -0.2) is 18.0 Å². The molecule has 0 unspecified atom stereocenters. The standard InChI is InChI=1S/C25H22N2O2S/c1-17-7-11-19(12-8-17)22-16-30-25(27-22)20-13-9-18(10-14-20)15-26-24(28)21-5-3-4-6-23(21)29-2/h3-14,16H,15H2,1-2H3,(H,26,28). The Balaban J connectivity index is 1.42. The number of thiazole rings is 1. The molecular weight excluding hydrogens is 392 g/mol. The van der Waals surface area contributed by atoms with Gasteiger partial charge < -0.3 is 10.1 Å². The summed E-state index contributed by atoms with van der Waals surface area (Å²) in [5.74, 6) is 0.415. The maximum Gasteiger partial charge on any atom is 0.255 e. The number of nitrogens with zero attached hydrogens (tertiary/aromatic N) is 1. The van der Waals surface area contributed by atoms with Crippen LogP contribution in [0, 0.1) is 6.92 Å². The average molecular weight is 415 g/mol. The normalized spacial score (nSPS) is 10.6. The number of hydrogen-bond donors (Lipinski definition) is 1. The van der Waals surface area contributed by atoms with Crippen LogP contribution < -0.4 is 10.1 Å². The van der Waals surface area contributed by atoms with E-state index in [2.05, 4.69) is 41.9 Å². The van der Waals surface area contributed by atoms with Crippen LogP contribution in [0.15, 0.2) is 78.2 Å². The number of aromatic nitrogens is 1. The minimum absolute atomic E-state index is 0.154. The van der Waals surface area contributed by atoms with Crippen molar-refractivity contribution in [3.05, 3.63) is 94.9 Å². The van der Waals surface area contributed by atoms with Gasteiger partial charge in [0.05, 0.1) is 18.4 Å². The Labute approximate surface area is 180 Å². The van der Waals surface area contributed by atoms with Crippen molar-refractivity contribution in [3.8, 4) is 27.6 Å². The van der Waals surface area contributed by atoms with Gasteiger partial charge in [0.1, 0.15) is 10.8 Å². The van der Waals surface area contributed by atoms with Crippen molar-refractivity contribution in [3.63, 3.8) is 0 Å². The molecule has 0 radical (unpaired) electrons. The third kappa shape index (κ3) is 4.42. The van der Waals surface area contributed by atoms with Gasteiger partial charge in [-0.2, -0.15) is 0 Å². The lowest BCUT2D eigenvalue weighted by atomic mass is 10.1. The first-order valence-electron chi connectivity index (χ1n) is 9.67. The first kappa shape index (κ1) is 19.9. The smallest absolute Gasteiger partial charge is 0.255 e. The Morgan fingerprint density at radius 1 is 0.967 bits per heavy atom. The van der Waals surface area contributed by atoms with Gasteiger partial charge in [0, 0.05) is 23.1 Å². The fourth-order valence-electron chi connectivity index (χ4n) is 3.14. The number of methoxy groups -OCH3 is 1. The molecule has 1 N–H and O–H groups in total. The molecule has 3 aromatic carbocycles. The lowest BCUT2D eigenvalue weighted by Crippen LogP contribution is -2.23. The molecule has 4 aromatic rings. The van der Waals surface area contributed by atoms with Gasteiger partial charge in [0.25, 0.3) is 5.91 Å². The molecular formula is C25H22N2O2S. The van der Waals surface area contributed by atoms with Gasteiger partial charge in [-0.3, -0.25) is 4.79 Å². The molecule has 0 saturated heterocycles. The minimum Gasteiger partial charge on any atom is -0.496 e. The molecule has 0 atom stereocenters. The number of rotatable bonds is 6. The highest BCUT2D eigenvalue weighted by atomic mass is 32.1. The van der Waals surface area contributed by atoms with Gasteiger partial charge >= 0.3 is 0 Å². The SMILES string of the molecule is COc1ccccc1C(=O)NCc1ccc(-c2nc(-c3ccc(C)cc3)cs2)cc1. The van der Waals surface area contributed by atoms with Crippen molar-refractivity contribution in [1.29, 1.82) is 0 Å². The fraction of sp³-hybridized carbons (Fsp3) is 0.120. The molecule has 0 fully saturated rings. The molecule has 0 aliphatic rings. The summed E-state index contributed by atoms with van der Waals surface area (Å²) in [4.78, 5) is 17.2. The Bertz CT molecular complexity index is 1150. The van der Waals surface area contributed by atoms with Crippen LogP contribution in [0.1, 0.15) is 21.5 Å². The monoisotopic (exact) mass is 414 g/mol. The molecule has 4 rings (SSSR count). The lowest BCUT2D eigenvalue weighted by molar-refractivity contribution is 0.0948. The zero-order valence-electron chi connectivity index (χ0n) is 16.9. The molecule has 30 heavy (non-hydrogen) atoms. The molecule has 0 bridgehead atoms. The molecule has 1 heterocycles. The van der Waals surface area contributed by atoms with Crippen LogP contribution in [0.4, 0.5) is 0 Å². The van der Waals surface area contributed by atoms with Crippen LogP contribution in [-0.2, 0) is 6.54 Å². The van der Waals surface area contributed by atoms with E-state index in [1.807, 2.05) is 36.4 Å². The zero-order valence-corrected chi connectivity index (χ0v) is 17.7. The number of carbonyl (C=O) groups is 1. The second-order valence-corrected chi connectivity index (χ2v) is 7.84. The van der Waals surface area contributed by atoms with Crippen LogP contribution in [0.3, 0.4) is 0 Å². The molecule has 0 spiro atoms. The first-order chi connectivity index (χ1) is 14.6. The number of ether oxygens (including phenoxy) is 1. The molecule has 0 saturated carbocycles. The number of carbonyl (C=O) groups excluding carboxylic acids is 1. The summed E-state index contributed by atoms with van der Waals surface area (Å²) in [6, 6.07) is 23.7. The molecule has 0 aliphatic heterocycles. The maximum atomic E-state index is 12.4. The van der Waals surface area contributed by atoms with E-state index in [0.29, 0.717) is 17.9 Å². The van der Waals surface area contributed by atoms with Crippen molar-refractivity contribution in [2.75, 3.05) is 7.11 Å². The second-order valence-electron chi connectivity index (χ2n) is 6.98. The third-order valence-corrected chi connectivity index (χ3v) is 5.75. The van der Waals surface area contributed by atoms with E-state index in [4.69, 9.17) is 9.72 Å². The Hall–Kier alpha value is -3.44. The summed E-state index contributed by atoms with van der Waals surface area (Å²) in [5, 5.41) is 6.01. The first-order valence-corrected chi connectivity index (χ1v) is 10.5. The number of nitrogens with one attached hydrogen (secondary N) is 1. The van der Waals surface area contributed by atoms with E-state index in [-0.39, 0.29) is 5.91 Å². The van der Waals surface area contributed by atoms with E-state index in [9.17, 15) is 4.79 Å². The number of amides is 1. The molecule has 4 nitrogen and oxygen atoms in total. The van der Waals surface area contributed by atoms with E-state index in [0.717, 1.165) is 27.4 Å². The topological polar surface area (TPSA) is 51.2 Å². The molecule has 5 heteroatoms. The maximum absolute atomic E-state index is 12.4. The van der Waals surface area contributed by atoms with Crippen molar-refractivity contribution in [2.45, 2.75) is 13.5 Å². The number of para-hydroxylation sites is 1. The number of benzene rings is 3. The number of aryl methyl sites for hydroxylation is 1. The van der Waals surface area contributed by atoms with E-state index in [1.54, 1.807) is 30.6 Å². The highest BCUT2D eigenvalue weighted by molar-refractivity contribution is 7.13. The summed E-state index contributed by atoms with van der Waals surface area (Å²) >= 11 is 1.63. The van der Waals surface area contributed by atoms with Crippen LogP contribution in [0.5, 0.6) is 5.75 Å². The minimum atomic E-state index is -0.154. The van der Waals surface area contributed by atoms with Crippen molar-refractivity contribution >= 4 is 17.2 Å². The quantitative estimate of drug-likeness (QED) is 0.439. The average Bonchev–Trinajstić information content (AvgIpc) is 3.28. The Kier molecular flexibility index (Phi) is 5.91. The Morgan fingerprint density at radius 3 is 2.40 bits per heavy atom. The van der Waals surface area contributed by atoms with Crippen LogP contribution in [0.25, 0.3) is 21.8 Å². The summed E-state index contributed by atoms with van der Waals surface area (Å²) in [6.07, 6.45) is 0.